The number of hydrogen-bond donors (Lipinski definition) is 2. The fourth-order valence-corrected chi connectivity index (χ4v) is 2.11. The molecule has 104 valence electrons. The third-order valence-electron chi connectivity index (χ3n) is 2.65. The van der Waals surface area contributed by atoms with Crippen LogP contribution in [0, 0.1) is 6.92 Å². The first-order valence-corrected chi connectivity index (χ1v) is 7.43. The van der Waals surface area contributed by atoms with E-state index in [0.717, 1.165) is 12.8 Å². The zero-order valence-electron chi connectivity index (χ0n) is 10.8. The smallest absolute Gasteiger partial charge is 0.251 e. The average molecular weight is 282 g/mol. The first kappa shape index (κ1) is 15.4. The second kappa shape index (κ2) is 6.49. The number of amides is 1. The molecule has 0 spiro atoms. The van der Waals surface area contributed by atoms with Gasteiger partial charge >= 0.3 is 0 Å². The van der Waals surface area contributed by atoms with Crippen molar-refractivity contribution in [1.29, 1.82) is 0 Å². The van der Waals surface area contributed by atoms with Crippen molar-refractivity contribution in [2.24, 2.45) is 5.14 Å². The van der Waals surface area contributed by atoms with Crippen LogP contribution < -0.4 is 10.5 Å². The maximum Gasteiger partial charge on any atom is 0.251 e. The molecule has 1 rings (SSSR count). The minimum absolute atomic E-state index is 0.0608. The van der Waals surface area contributed by atoms with Gasteiger partial charge in [-0.05, 0) is 37.5 Å². The van der Waals surface area contributed by atoms with E-state index in [4.69, 9.17) is 5.14 Å². The molecule has 3 N–H and O–H groups in total. The molecule has 0 aliphatic rings. The minimum atomic E-state index is -3.80. The molecule has 0 heterocycles. The topological polar surface area (TPSA) is 89.3 Å². The number of aryl methyl sites for hydroxylation is 1. The lowest BCUT2D eigenvalue weighted by Crippen LogP contribution is -2.25. The van der Waals surface area contributed by atoms with Gasteiger partial charge in [0.25, 0.3) is 5.91 Å². The van der Waals surface area contributed by atoms with E-state index < -0.39 is 10.0 Å². The van der Waals surface area contributed by atoms with Crippen molar-refractivity contribution in [3.63, 3.8) is 0 Å². The van der Waals surface area contributed by atoms with E-state index in [9.17, 15) is 13.2 Å². The molecule has 0 saturated heterocycles. The lowest BCUT2D eigenvalue weighted by Gasteiger charge is -2.08. The van der Waals surface area contributed by atoms with E-state index in [1.165, 1.54) is 12.1 Å². The van der Waals surface area contributed by atoms with Gasteiger partial charge in [0.05, 0.1) is 4.90 Å². The molecular weight excluding hydrogens is 264 g/mol. The van der Waals surface area contributed by atoms with Gasteiger partial charge in [0.15, 0.2) is 0 Å². The summed E-state index contributed by atoms with van der Waals surface area (Å²) in [5.74, 6) is -0.299. The summed E-state index contributed by atoms with van der Waals surface area (Å²) in [7, 11) is -3.80. The van der Waals surface area contributed by atoms with Crippen LogP contribution in [0.15, 0.2) is 35.7 Å². The van der Waals surface area contributed by atoms with Crippen LogP contribution in [0.2, 0.25) is 0 Å². The van der Waals surface area contributed by atoms with Crippen LogP contribution in [-0.4, -0.2) is 20.9 Å². The summed E-state index contributed by atoms with van der Waals surface area (Å²) in [5, 5.41) is 7.78. The number of unbranched alkanes of at least 4 members (excludes halogenated alkanes) is 1. The van der Waals surface area contributed by atoms with E-state index >= 15 is 0 Å². The largest absolute Gasteiger partial charge is 0.352 e. The molecule has 5 nitrogen and oxygen atoms in total. The number of carbonyl (C=O) groups is 1. The standard InChI is InChI=1S/C13H18N2O3S/c1-3-4-5-8-15-13(16)12-9-11(19(14,17)18)7-6-10(12)2/h3,6-7,9H,1,4-5,8H2,2H3,(H,15,16)(H2,14,17,18). The summed E-state index contributed by atoms with van der Waals surface area (Å²) in [4.78, 5) is 11.9. The molecule has 0 unspecified atom stereocenters. The summed E-state index contributed by atoms with van der Waals surface area (Å²) in [6.45, 7) is 5.85. The number of allylic oxidation sites excluding steroid dienone is 1. The number of benzene rings is 1. The van der Waals surface area contributed by atoms with Crippen molar-refractivity contribution in [3.05, 3.63) is 42.0 Å². The summed E-state index contributed by atoms with van der Waals surface area (Å²) in [6.07, 6.45) is 3.39. The maximum atomic E-state index is 11.9. The summed E-state index contributed by atoms with van der Waals surface area (Å²) in [5.41, 5.74) is 1.03. The third kappa shape index (κ3) is 4.50. The van der Waals surface area contributed by atoms with Gasteiger partial charge < -0.3 is 5.32 Å². The highest BCUT2D eigenvalue weighted by atomic mass is 32.2. The average Bonchev–Trinajstić information content (AvgIpc) is 2.33. The Kier molecular flexibility index (Phi) is 5.26. The summed E-state index contributed by atoms with van der Waals surface area (Å²) < 4.78 is 22.5. The molecule has 0 radical (unpaired) electrons. The van der Waals surface area contributed by atoms with Crippen molar-refractivity contribution in [3.8, 4) is 0 Å². The van der Waals surface area contributed by atoms with E-state index in [1.54, 1.807) is 19.1 Å². The first-order chi connectivity index (χ1) is 8.86. The minimum Gasteiger partial charge on any atom is -0.352 e. The molecular formula is C13H18N2O3S. The second-order valence-corrected chi connectivity index (χ2v) is 5.77. The van der Waals surface area contributed by atoms with Gasteiger partial charge in [0.2, 0.25) is 10.0 Å². The fraction of sp³-hybridized carbons (Fsp3) is 0.308. The van der Waals surface area contributed by atoms with Crippen molar-refractivity contribution >= 4 is 15.9 Å². The van der Waals surface area contributed by atoms with E-state index in [-0.39, 0.29) is 10.8 Å². The van der Waals surface area contributed by atoms with Gasteiger partial charge in [0.1, 0.15) is 0 Å². The first-order valence-electron chi connectivity index (χ1n) is 5.89. The van der Waals surface area contributed by atoms with Crippen molar-refractivity contribution < 1.29 is 13.2 Å². The molecule has 19 heavy (non-hydrogen) atoms. The highest BCUT2D eigenvalue weighted by Gasteiger charge is 2.14. The number of primary sulfonamides is 1. The number of nitrogens with two attached hydrogens (primary N) is 1. The normalized spacial score (nSPS) is 11.1. The Hall–Kier alpha value is -1.66. The Balaban J connectivity index is 2.87. The molecule has 0 aromatic heterocycles. The Labute approximate surface area is 113 Å². The molecule has 0 aliphatic heterocycles. The van der Waals surface area contributed by atoms with Crippen LogP contribution in [0.3, 0.4) is 0 Å². The molecule has 1 aromatic carbocycles. The molecule has 0 bridgehead atoms. The van der Waals surface area contributed by atoms with Crippen molar-refractivity contribution in [2.75, 3.05) is 6.54 Å². The fourth-order valence-electron chi connectivity index (χ4n) is 1.57. The molecule has 1 aromatic rings. The Morgan fingerprint density at radius 1 is 1.47 bits per heavy atom. The van der Waals surface area contributed by atoms with E-state index in [1.807, 2.05) is 0 Å². The van der Waals surface area contributed by atoms with E-state index in [2.05, 4.69) is 11.9 Å². The molecule has 0 saturated carbocycles. The number of hydrogen-bond acceptors (Lipinski definition) is 3. The van der Waals surface area contributed by atoms with Crippen LogP contribution in [0.5, 0.6) is 0 Å². The predicted octanol–water partition coefficient (Wildman–Crippen LogP) is 1.34. The predicted molar refractivity (Wildman–Crippen MR) is 74.3 cm³/mol. The molecule has 1 amide bonds. The lowest BCUT2D eigenvalue weighted by molar-refractivity contribution is 0.0952. The van der Waals surface area contributed by atoms with Gasteiger partial charge in [-0.2, -0.15) is 0 Å². The maximum absolute atomic E-state index is 11.9. The number of nitrogens with one attached hydrogen (secondary N) is 1. The summed E-state index contributed by atoms with van der Waals surface area (Å²) in [6, 6.07) is 4.26. The molecule has 0 fully saturated rings. The van der Waals surface area contributed by atoms with Gasteiger partial charge in [-0.1, -0.05) is 12.1 Å². The van der Waals surface area contributed by atoms with Crippen LogP contribution in [0.1, 0.15) is 28.8 Å². The van der Waals surface area contributed by atoms with Gasteiger partial charge in [0, 0.05) is 12.1 Å². The second-order valence-electron chi connectivity index (χ2n) is 4.21. The Morgan fingerprint density at radius 3 is 2.74 bits per heavy atom. The number of carbonyl (C=O) groups excluding carboxylic acids is 1. The Morgan fingerprint density at radius 2 is 2.16 bits per heavy atom. The zero-order chi connectivity index (χ0) is 14.5. The highest BCUT2D eigenvalue weighted by molar-refractivity contribution is 7.89. The Bertz CT molecular complexity index is 580. The third-order valence-corrected chi connectivity index (χ3v) is 3.56. The number of rotatable bonds is 6. The summed E-state index contributed by atoms with van der Waals surface area (Å²) >= 11 is 0. The molecule has 0 aliphatic carbocycles. The van der Waals surface area contributed by atoms with Crippen LogP contribution in [-0.2, 0) is 10.0 Å². The van der Waals surface area contributed by atoms with E-state index in [0.29, 0.717) is 17.7 Å². The zero-order valence-corrected chi connectivity index (χ0v) is 11.7. The van der Waals surface area contributed by atoms with Gasteiger partial charge in [-0.25, -0.2) is 13.6 Å². The van der Waals surface area contributed by atoms with Crippen molar-refractivity contribution in [1.82, 2.24) is 5.32 Å². The van der Waals surface area contributed by atoms with Crippen molar-refractivity contribution in [2.45, 2.75) is 24.7 Å². The van der Waals surface area contributed by atoms with Gasteiger partial charge in [-0.3, -0.25) is 4.79 Å². The quantitative estimate of drug-likeness (QED) is 0.609. The molecule has 6 heteroatoms. The SMILES string of the molecule is C=CCCCNC(=O)c1cc(S(N)(=O)=O)ccc1C. The van der Waals surface area contributed by atoms with Crippen LogP contribution >= 0.6 is 0 Å². The monoisotopic (exact) mass is 282 g/mol. The number of sulfonamides is 1. The van der Waals surface area contributed by atoms with Crippen LogP contribution in [0.4, 0.5) is 0 Å². The van der Waals surface area contributed by atoms with Crippen LogP contribution in [0.25, 0.3) is 0 Å². The molecule has 0 atom stereocenters. The van der Waals surface area contributed by atoms with Gasteiger partial charge in [-0.15, -0.1) is 6.58 Å². The highest BCUT2D eigenvalue weighted by Crippen LogP contribution is 2.14. The lowest BCUT2D eigenvalue weighted by atomic mass is 10.1.